The zero-order valence-corrected chi connectivity index (χ0v) is 11.0. The van der Waals surface area contributed by atoms with Crippen LogP contribution in [0.5, 0.6) is 0 Å². The van der Waals surface area contributed by atoms with E-state index in [2.05, 4.69) is 0 Å². The molecule has 1 amide bonds. The van der Waals surface area contributed by atoms with Crippen LogP contribution >= 0.6 is 0 Å². The zero-order valence-electron chi connectivity index (χ0n) is 11.0. The summed E-state index contributed by atoms with van der Waals surface area (Å²) in [5.74, 6) is 0. The first-order valence-corrected chi connectivity index (χ1v) is 6.13. The Bertz CT molecular complexity index is 275. The van der Waals surface area contributed by atoms with Gasteiger partial charge in [-0.05, 0) is 40.0 Å². The summed E-state index contributed by atoms with van der Waals surface area (Å²) < 4.78 is 5.32. The molecule has 0 bridgehead atoms. The maximum atomic E-state index is 11.9. The van der Waals surface area contributed by atoms with Gasteiger partial charge in [-0.2, -0.15) is 0 Å². The fourth-order valence-electron chi connectivity index (χ4n) is 1.93. The molecule has 0 aromatic rings. The van der Waals surface area contributed by atoms with Gasteiger partial charge in [-0.3, -0.25) is 0 Å². The molecule has 1 atom stereocenters. The van der Waals surface area contributed by atoms with Gasteiger partial charge in [0.25, 0.3) is 0 Å². The third-order valence-corrected chi connectivity index (χ3v) is 2.83. The van der Waals surface area contributed by atoms with Gasteiger partial charge in [0.15, 0.2) is 0 Å². The minimum Gasteiger partial charge on any atom is -0.444 e. The van der Waals surface area contributed by atoms with Crippen LogP contribution in [0.25, 0.3) is 0 Å². The van der Waals surface area contributed by atoms with Crippen molar-refractivity contribution in [2.75, 3.05) is 19.7 Å². The maximum absolute atomic E-state index is 11.9. The Balaban J connectivity index is 2.66. The molecule has 17 heavy (non-hydrogen) atoms. The minimum absolute atomic E-state index is 0.105. The van der Waals surface area contributed by atoms with Crippen molar-refractivity contribution >= 4 is 6.09 Å². The molecule has 0 aromatic heterocycles. The molecule has 0 saturated carbocycles. The van der Waals surface area contributed by atoms with Crippen LogP contribution in [0.3, 0.4) is 0 Å². The molecule has 1 rings (SSSR count). The molecule has 3 N–H and O–H groups in total. The first kappa shape index (κ1) is 14.3. The van der Waals surface area contributed by atoms with Crippen LogP contribution < -0.4 is 5.73 Å². The van der Waals surface area contributed by atoms with Gasteiger partial charge < -0.3 is 20.5 Å². The van der Waals surface area contributed by atoms with Crippen LogP contribution in [0.1, 0.15) is 40.0 Å². The summed E-state index contributed by atoms with van der Waals surface area (Å²) in [7, 11) is 0. The fourth-order valence-corrected chi connectivity index (χ4v) is 1.93. The van der Waals surface area contributed by atoms with E-state index in [-0.39, 0.29) is 12.7 Å². The number of ether oxygens (including phenoxy) is 1. The minimum atomic E-state index is -0.687. The van der Waals surface area contributed by atoms with E-state index < -0.39 is 11.1 Å². The van der Waals surface area contributed by atoms with E-state index in [1.807, 2.05) is 20.8 Å². The number of aliphatic hydroxyl groups excluding tert-OH is 1. The largest absolute Gasteiger partial charge is 0.444 e. The highest BCUT2D eigenvalue weighted by molar-refractivity contribution is 5.68. The number of hydrogen-bond acceptors (Lipinski definition) is 4. The Kier molecular flexibility index (Phi) is 4.38. The number of carbonyl (C=O) groups is 1. The van der Waals surface area contributed by atoms with Gasteiger partial charge in [-0.15, -0.1) is 0 Å². The lowest BCUT2D eigenvalue weighted by Crippen LogP contribution is -2.53. The highest BCUT2D eigenvalue weighted by atomic mass is 16.6. The van der Waals surface area contributed by atoms with Crippen molar-refractivity contribution in [3.8, 4) is 0 Å². The molecule has 0 aliphatic carbocycles. The third kappa shape index (κ3) is 4.52. The monoisotopic (exact) mass is 244 g/mol. The molecule has 1 unspecified atom stereocenters. The van der Waals surface area contributed by atoms with Gasteiger partial charge in [-0.1, -0.05) is 0 Å². The molecule has 5 heteroatoms. The van der Waals surface area contributed by atoms with E-state index in [9.17, 15) is 9.90 Å². The normalized spacial score (nSPS) is 26.5. The van der Waals surface area contributed by atoms with Gasteiger partial charge in [0, 0.05) is 13.1 Å². The molecule has 0 radical (unpaired) electrons. The molecule has 1 aliphatic rings. The molecule has 0 spiro atoms. The van der Waals surface area contributed by atoms with E-state index in [0.29, 0.717) is 13.1 Å². The van der Waals surface area contributed by atoms with Crippen LogP contribution in [0.15, 0.2) is 0 Å². The lowest BCUT2D eigenvalue weighted by molar-refractivity contribution is 0.0199. The summed E-state index contributed by atoms with van der Waals surface area (Å²) in [5.41, 5.74) is 4.86. The maximum Gasteiger partial charge on any atom is 0.410 e. The molecular formula is C12H24N2O3. The molecular weight excluding hydrogens is 220 g/mol. The number of nitrogens with two attached hydrogens (primary N) is 1. The van der Waals surface area contributed by atoms with E-state index in [1.165, 1.54) is 0 Å². The average molecular weight is 244 g/mol. The second-order valence-electron chi connectivity index (χ2n) is 5.88. The van der Waals surface area contributed by atoms with Crippen molar-refractivity contribution < 1.29 is 14.6 Å². The first-order chi connectivity index (χ1) is 7.76. The SMILES string of the molecule is CC(C)(C)OC(=O)N1CCCCC(N)(CO)C1. The molecule has 0 aromatic carbocycles. The second kappa shape index (κ2) is 5.23. The predicted molar refractivity (Wildman–Crippen MR) is 65.7 cm³/mol. The van der Waals surface area contributed by atoms with Gasteiger partial charge in [0.2, 0.25) is 0 Å². The predicted octanol–water partition coefficient (Wildman–Crippen LogP) is 1.10. The number of amides is 1. The van der Waals surface area contributed by atoms with Crippen LogP contribution in [-0.2, 0) is 4.74 Å². The molecule has 100 valence electrons. The van der Waals surface area contributed by atoms with Crippen molar-refractivity contribution in [1.82, 2.24) is 4.90 Å². The van der Waals surface area contributed by atoms with Crippen LogP contribution in [-0.4, -0.2) is 46.9 Å². The van der Waals surface area contributed by atoms with Crippen molar-refractivity contribution in [3.63, 3.8) is 0 Å². The smallest absolute Gasteiger partial charge is 0.410 e. The van der Waals surface area contributed by atoms with Crippen molar-refractivity contribution in [3.05, 3.63) is 0 Å². The summed E-state index contributed by atoms with van der Waals surface area (Å²) >= 11 is 0. The number of likely N-dealkylation sites (tertiary alicyclic amines) is 1. The summed E-state index contributed by atoms with van der Waals surface area (Å²) in [5, 5.41) is 9.30. The lowest BCUT2D eigenvalue weighted by atomic mass is 9.96. The van der Waals surface area contributed by atoms with E-state index in [0.717, 1.165) is 19.3 Å². The molecule has 1 saturated heterocycles. The summed E-state index contributed by atoms with van der Waals surface area (Å²) in [6.07, 6.45) is 2.22. The third-order valence-electron chi connectivity index (χ3n) is 2.83. The van der Waals surface area contributed by atoms with E-state index in [1.54, 1.807) is 4.90 Å². The van der Waals surface area contributed by atoms with Crippen molar-refractivity contribution in [2.24, 2.45) is 5.73 Å². The molecule has 5 nitrogen and oxygen atoms in total. The highest BCUT2D eigenvalue weighted by Gasteiger charge is 2.33. The Hall–Kier alpha value is -0.810. The Morgan fingerprint density at radius 1 is 1.47 bits per heavy atom. The summed E-state index contributed by atoms with van der Waals surface area (Å²) in [4.78, 5) is 13.5. The fraction of sp³-hybridized carbons (Fsp3) is 0.917. The number of aliphatic hydroxyl groups is 1. The number of nitrogens with zero attached hydrogens (tertiary/aromatic N) is 1. The Morgan fingerprint density at radius 3 is 2.65 bits per heavy atom. The Labute approximate surface area is 103 Å². The zero-order chi connectivity index (χ0) is 13.1. The number of carbonyl (C=O) groups excluding carboxylic acids is 1. The van der Waals surface area contributed by atoms with Gasteiger partial charge in [-0.25, -0.2) is 4.79 Å². The highest BCUT2D eigenvalue weighted by Crippen LogP contribution is 2.20. The summed E-state index contributed by atoms with van der Waals surface area (Å²) in [6, 6.07) is 0. The standard InChI is InChI=1S/C12H24N2O3/c1-11(2,3)17-10(16)14-7-5-4-6-12(13,8-14)9-15/h15H,4-9,13H2,1-3H3. The van der Waals surface area contributed by atoms with Crippen molar-refractivity contribution in [2.45, 2.75) is 51.2 Å². The van der Waals surface area contributed by atoms with Crippen LogP contribution in [0.4, 0.5) is 4.79 Å². The van der Waals surface area contributed by atoms with E-state index >= 15 is 0 Å². The quantitative estimate of drug-likeness (QED) is 0.724. The first-order valence-electron chi connectivity index (χ1n) is 6.13. The Morgan fingerprint density at radius 2 is 2.12 bits per heavy atom. The van der Waals surface area contributed by atoms with Gasteiger partial charge >= 0.3 is 6.09 Å². The lowest BCUT2D eigenvalue weighted by Gasteiger charge is -2.32. The topological polar surface area (TPSA) is 75.8 Å². The van der Waals surface area contributed by atoms with Gasteiger partial charge in [0.1, 0.15) is 5.60 Å². The van der Waals surface area contributed by atoms with E-state index in [4.69, 9.17) is 10.5 Å². The molecule has 1 fully saturated rings. The van der Waals surface area contributed by atoms with Crippen LogP contribution in [0.2, 0.25) is 0 Å². The molecule has 1 heterocycles. The number of rotatable bonds is 1. The summed E-state index contributed by atoms with van der Waals surface area (Å²) in [6.45, 7) is 6.41. The average Bonchev–Trinajstić information content (AvgIpc) is 2.39. The number of hydrogen-bond donors (Lipinski definition) is 2. The van der Waals surface area contributed by atoms with Crippen molar-refractivity contribution in [1.29, 1.82) is 0 Å². The van der Waals surface area contributed by atoms with Crippen LogP contribution in [0, 0.1) is 0 Å². The van der Waals surface area contributed by atoms with Gasteiger partial charge in [0.05, 0.1) is 12.1 Å². The molecule has 1 aliphatic heterocycles. The second-order valence-corrected chi connectivity index (χ2v) is 5.88.